The lowest BCUT2D eigenvalue weighted by molar-refractivity contribution is -0.159. The minimum atomic E-state index is -0.620. The zero-order valence-electron chi connectivity index (χ0n) is 26.1. The van der Waals surface area contributed by atoms with Crippen LogP contribution in [0, 0.1) is 11.3 Å². The van der Waals surface area contributed by atoms with E-state index < -0.39 is 17.6 Å². The SMILES string of the molecule is CCCSCCCC(=O)OCCOC(=O)C(C)(C)CCC.COCc1cccc(C[C@H](O)/C=C/[C@@H]2CC(=O)C[C@H]2O)c1. The number of ether oxygens (including phenoxy) is 3. The molecule has 1 aromatic rings. The Labute approximate surface area is 256 Å². The van der Waals surface area contributed by atoms with E-state index in [1.807, 2.05) is 56.8 Å². The normalized spacial score (nSPS) is 17.5. The maximum Gasteiger partial charge on any atom is 0.311 e. The third-order valence-electron chi connectivity index (χ3n) is 6.75. The summed E-state index contributed by atoms with van der Waals surface area (Å²) in [5.74, 6) is 1.61. The Balaban J connectivity index is 0.000000420. The topological polar surface area (TPSA) is 119 Å². The Kier molecular flexibility index (Phi) is 19.3. The smallest absolute Gasteiger partial charge is 0.311 e. The van der Waals surface area contributed by atoms with Gasteiger partial charge >= 0.3 is 11.9 Å². The summed E-state index contributed by atoms with van der Waals surface area (Å²) in [7, 11) is 1.65. The molecule has 1 aliphatic rings. The largest absolute Gasteiger partial charge is 0.462 e. The zero-order chi connectivity index (χ0) is 31.4. The van der Waals surface area contributed by atoms with Crippen molar-refractivity contribution in [3.05, 3.63) is 47.5 Å². The minimum absolute atomic E-state index is 0.0823. The first-order valence-corrected chi connectivity index (χ1v) is 16.2. The highest BCUT2D eigenvalue weighted by atomic mass is 32.2. The maximum atomic E-state index is 11.8. The third kappa shape index (κ3) is 16.4. The summed E-state index contributed by atoms with van der Waals surface area (Å²) in [6.07, 6.45) is 7.48. The molecule has 2 rings (SSSR count). The second-order valence-corrected chi connectivity index (χ2v) is 12.5. The van der Waals surface area contributed by atoms with Crippen molar-refractivity contribution in [1.29, 1.82) is 0 Å². The lowest BCUT2D eigenvalue weighted by atomic mass is 9.88. The van der Waals surface area contributed by atoms with Gasteiger partial charge in [0.15, 0.2) is 0 Å². The number of Topliss-reactive ketones (excluding diaryl/α,β-unsaturated/α-hetero) is 1. The molecule has 0 bridgehead atoms. The molecule has 1 saturated carbocycles. The average Bonchev–Trinajstić information content (AvgIpc) is 3.26. The average molecular weight is 609 g/mol. The van der Waals surface area contributed by atoms with Gasteiger partial charge in [0, 0.05) is 38.7 Å². The molecular weight excluding hydrogens is 556 g/mol. The van der Waals surface area contributed by atoms with E-state index in [4.69, 9.17) is 14.2 Å². The Bertz CT molecular complexity index is 961. The van der Waals surface area contributed by atoms with Gasteiger partial charge in [-0.25, -0.2) is 0 Å². The van der Waals surface area contributed by atoms with Crippen molar-refractivity contribution in [3.8, 4) is 0 Å². The van der Waals surface area contributed by atoms with E-state index in [9.17, 15) is 24.6 Å². The molecule has 238 valence electrons. The lowest BCUT2D eigenvalue weighted by Crippen LogP contribution is -2.27. The molecule has 0 heterocycles. The van der Waals surface area contributed by atoms with Crippen molar-refractivity contribution in [3.63, 3.8) is 0 Å². The van der Waals surface area contributed by atoms with Crippen LogP contribution in [0.2, 0.25) is 0 Å². The molecule has 1 fully saturated rings. The predicted octanol–water partition coefficient (Wildman–Crippen LogP) is 5.46. The fourth-order valence-electron chi connectivity index (χ4n) is 4.51. The first-order chi connectivity index (χ1) is 20.0. The zero-order valence-corrected chi connectivity index (χ0v) is 27.0. The van der Waals surface area contributed by atoms with E-state index in [1.165, 1.54) is 0 Å². The molecule has 42 heavy (non-hydrogen) atoms. The summed E-state index contributed by atoms with van der Waals surface area (Å²) < 4.78 is 15.3. The molecule has 0 aliphatic heterocycles. The number of aliphatic hydroxyl groups is 2. The Hall–Kier alpha value is -2.20. The van der Waals surface area contributed by atoms with Gasteiger partial charge in [0.25, 0.3) is 0 Å². The van der Waals surface area contributed by atoms with Gasteiger partial charge in [-0.3, -0.25) is 14.4 Å². The third-order valence-corrected chi connectivity index (χ3v) is 8.02. The van der Waals surface area contributed by atoms with Crippen LogP contribution in [-0.4, -0.2) is 72.0 Å². The van der Waals surface area contributed by atoms with Gasteiger partial charge in [0.2, 0.25) is 0 Å². The molecule has 0 unspecified atom stereocenters. The Morgan fingerprint density at radius 2 is 1.81 bits per heavy atom. The highest BCUT2D eigenvalue weighted by molar-refractivity contribution is 7.99. The van der Waals surface area contributed by atoms with Crippen LogP contribution in [0.1, 0.15) is 83.8 Å². The van der Waals surface area contributed by atoms with Crippen molar-refractivity contribution in [1.82, 2.24) is 0 Å². The number of hydrogen-bond acceptors (Lipinski definition) is 9. The summed E-state index contributed by atoms with van der Waals surface area (Å²) in [5, 5.41) is 19.7. The monoisotopic (exact) mass is 608 g/mol. The van der Waals surface area contributed by atoms with Gasteiger partial charge in [-0.15, -0.1) is 0 Å². The molecule has 0 amide bonds. The van der Waals surface area contributed by atoms with Crippen LogP contribution in [0.15, 0.2) is 36.4 Å². The Morgan fingerprint density at radius 1 is 1.10 bits per heavy atom. The Morgan fingerprint density at radius 3 is 2.45 bits per heavy atom. The van der Waals surface area contributed by atoms with Gasteiger partial charge < -0.3 is 24.4 Å². The molecule has 8 nitrogen and oxygen atoms in total. The van der Waals surface area contributed by atoms with Crippen LogP contribution in [-0.2, 0) is 41.6 Å². The van der Waals surface area contributed by atoms with Crippen LogP contribution < -0.4 is 0 Å². The van der Waals surface area contributed by atoms with Crippen LogP contribution in [0.25, 0.3) is 0 Å². The van der Waals surface area contributed by atoms with Crippen molar-refractivity contribution < 1.29 is 38.8 Å². The second-order valence-electron chi connectivity index (χ2n) is 11.3. The van der Waals surface area contributed by atoms with Gasteiger partial charge in [-0.05, 0) is 55.7 Å². The molecule has 0 aromatic heterocycles. The minimum Gasteiger partial charge on any atom is -0.462 e. The number of thioether (sulfide) groups is 1. The number of hydrogen-bond donors (Lipinski definition) is 2. The molecule has 1 aromatic carbocycles. The summed E-state index contributed by atoms with van der Waals surface area (Å²) in [6, 6.07) is 7.90. The fraction of sp³-hybridized carbons (Fsp3) is 0.667. The van der Waals surface area contributed by atoms with E-state index in [0.717, 1.165) is 48.3 Å². The van der Waals surface area contributed by atoms with E-state index in [0.29, 0.717) is 25.9 Å². The molecule has 1 aliphatic carbocycles. The molecule has 0 radical (unpaired) electrons. The summed E-state index contributed by atoms with van der Waals surface area (Å²) in [4.78, 5) is 34.5. The number of methoxy groups -OCH3 is 1. The molecule has 3 atom stereocenters. The molecule has 2 N–H and O–H groups in total. The number of rotatable bonds is 18. The van der Waals surface area contributed by atoms with E-state index in [-0.39, 0.29) is 43.3 Å². The van der Waals surface area contributed by atoms with Crippen LogP contribution in [0.4, 0.5) is 0 Å². The van der Waals surface area contributed by atoms with Crippen LogP contribution in [0.3, 0.4) is 0 Å². The molecule has 0 saturated heterocycles. The lowest BCUT2D eigenvalue weighted by Gasteiger charge is -2.21. The number of carbonyl (C=O) groups excluding carboxylic acids is 3. The predicted molar refractivity (Wildman–Crippen MR) is 167 cm³/mol. The summed E-state index contributed by atoms with van der Waals surface area (Å²) in [6.45, 7) is 8.77. The first kappa shape index (κ1) is 37.8. The highest BCUT2D eigenvalue weighted by Gasteiger charge is 2.29. The standard InChI is InChI=1S/C17H22O4.C16H30O4S/c1-21-11-13-4-2-3-12(7-13)8-15(18)6-5-14-9-16(19)10-17(14)20;1-5-9-16(3,4)15(18)20-11-10-19-14(17)8-7-13-21-12-6-2/h2-7,14-15,17-18,20H,8-11H2,1H3;5-13H2,1-4H3/b6-5+;/t14-,15-,17-;/m1./s1. The number of benzene rings is 1. The van der Waals surface area contributed by atoms with E-state index in [2.05, 4.69) is 6.92 Å². The van der Waals surface area contributed by atoms with E-state index in [1.54, 1.807) is 19.3 Å². The van der Waals surface area contributed by atoms with Crippen LogP contribution >= 0.6 is 11.8 Å². The molecule has 9 heteroatoms. The van der Waals surface area contributed by atoms with Crippen LogP contribution in [0.5, 0.6) is 0 Å². The first-order valence-electron chi connectivity index (χ1n) is 15.1. The summed E-state index contributed by atoms with van der Waals surface area (Å²) in [5.41, 5.74) is 1.64. The maximum absolute atomic E-state index is 11.8. The van der Waals surface area contributed by atoms with Gasteiger partial charge in [-0.1, -0.05) is 56.7 Å². The highest BCUT2D eigenvalue weighted by Crippen LogP contribution is 2.25. The second kappa shape index (κ2) is 21.5. The number of esters is 2. The van der Waals surface area contributed by atoms with Crippen molar-refractivity contribution in [2.45, 2.75) is 97.9 Å². The van der Waals surface area contributed by atoms with E-state index >= 15 is 0 Å². The van der Waals surface area contributed by atoms with Crippen molar-refractivity contribution >= 4 is 29.5 Å². The summed E-state index contributed by atoms with van der Waals surface area (Å²) >= 11 is 1.86. The quantitative estimate of drug-likeness (QED) is 0.127. The van der Waals surface area contributed by atoms with Crippen molar-refractivity contribution in [2.75, 3.05) is 31.8 Å². The molecule has 0 spiro atoms. The van der Waals surface area contributed by atoms with Gasteiger partial charge in [-0.2, -0.15) is 11.8 Å². The molecular formula is C33H52O8S. The number of carbonyl (C=O) groups is 3. The number of aliphatic hydroxyl groups excluding tert-OH is 2. The van der Waals surface area contributed by atoms with Crippen molar-refractivity contribution in [2.24, 2.45) is 11.3 Å². The van der Waals surface area contributed by atoms with Gasteiger partial charge in [0.05, 0.1) is 24.2 Å². The fourth-order valence-corrected chi connectivity index (χ4v) is 5.35. The van der Waals surface area contributed by atoms with Gasteiger partial charge in [0.1, 0.15) is 19.0 Å². The number of ketones is 1.